The molecule has 70 valence electrons. The van der Waals surface area contributed by atoms with Crippen molar-refractivity contribution >= 4 is 11.8 Å². The fourth-order valence-corrected chi connectivity index (χ4v) is 3.74. The fourth-order valence-electron chi connectivity index (χ4n) is 3.74. The summed E-state index contributed by atoms with van der Waals surface area (Å²) in [5.41, 5.74) is -0.347. The Morgan fingerprint density at radius 2 is 2.15 bits per heavy atom. The first kappa shape index (κ1) is 7.54. The summed E-state index contributed by atoms with van der Waals surface area (Å²) < 4.78 is 0. The Morgan fingerprint density at radius 1 is 1.38 bits per heavy atom. The lowest BCUT2D eigenvalue weighted by atomic mass is 9.69. The van der Waals surface area contributed by atoms with Crippen LogP contribution in [0.25, 0.3) is 0 Å². The van der Waals surface area contributed by atoms with Crippen LogP contribution in [0.15, 0.2) is 0 Å². The van der Waals surface area contributed by atoms with E-state index in [1.807, 2.05) is 6.92 Å². The van der Waals surface area contributed by atoms with E-state index in [0.29, 0.717) is 11.8 Å². The van der Waals surface area contributed by atoms with Crippen molar-refractivity contribution in [3.63, 3.8) is 0 Å². The Balaban J connectivity index is 2.12. The van der Waals surface area contributed by atoms with Gasteiger partial charge in [-0.25, -0.2) is 0 Å². The molecule has 3 aliphatic rings. The zero-order chi connectivity index (χ0) is 9.22. The lowest BCUT2D eigenvalue weighted by Crippen LogP contribution is -2.37. The van der Waals surface area contributed by atoms with Crippen molar-refractivity contribution in [2.75, 3.05) is 0 Å². The first-order valence-corrected chi connectivity index (χ1v) is 4.99. The molecule has 2 bridgehead atoms. The molecule has 3 nitrogen and oxygen atoms in total. The van der Waals surface area contributed by atoms with E-state index in [1.165, 1.54) is 0 Å². The third-order valence-electron chi connectivity index (χ3n) is 4.45. The molecule has 0 aromatic heterocycles. The average molecular weight is 179 g/mol. The smallest absolute Gasteiger partial charge is 0.233 e. The monoisotopic (exact) mass is 179 g/mol. The summed E-state index contributed by atoms with van der Waals surface area (Å²) in [6.45, 7) is 1.97. The molecule has 4 atom stereocenters. The van der Waals surface area contributed by atoms with Gasteiger partial charge < -0.3 is 0 Å². The Morgan fingerprint density at radius 3 is 2.85 bits per heavy atom. The molecular weight excluding hydrogens is 166 g/mol. The second-order valence-corrected chi connectivity index (χ2v) is 4.85. The van der Waals surface area contributed by atoms with E-state index in [1.54, 1.807) is 0 Å². The summed E-state index contributed by atoms with van der Waals surface area (Å²) in [4.78, 5) is 23.2. The predicted molar refractivity (Wildman–Crippen MR) is 45.6 cm³/mol. The molecule has 2 saturated carbocycles. The van der Waals surface area contributed by atoms with Gasteiger partial charge in [-0.1, -0.05) is 0 Å². The van der Waals surface area contributed by atoms with Crippen LogP contribution in [0.1, 0.15) is 26.2 Å². The first-order valence-electron chi connectivity index (χ1n) is 4.99. The molecule has 3 fully saturated rings. The van der Waals surface area contributed by atoms with Gasteiger partial charge in [-0.2, -0.15) is 0 Å². The minimum absolute atomic E-state index is 0.00116. The van der Waals surface area contributed by atoms with Crippen molar-refractivity contribution < 1.29 is 9.59 Å². The Bertz CT molecular complexity index is 312. The van der Waals surface area contributed by atoms with Crippen LogP contribution in [-0.2, 0) is 9.59 Å². The number of nitrogens with one attached hydrogen (secondary N) is 1. The van der Waals surface area contributed by atoms with Crippen LogP contribution in [0.4, 0.5) is 0 Å². The molecule has 3 rings (SSSR count). The summed E-state index contributed by atoms with van der Waals surface area (Å²) >= 11 is 0. The largest absolute Gasteiger partial charge is 0.296 e. The van der Waals surface area contributed by atoms with Gasteiger partial charge in [0.25, 0.3) is 0 Å². The van der Waals surface area contributed by atoms with Crippen LogP contribution < -0.4 is 5.32 Å². The second-order valence-electron chi connectivity index (χ2n) is 4.85. The summed E-state index contributed by atoms with van der Waals surface area (Å²) in [6, 6.07) is 0. The molecule has 1 saturated heterocycles. The molecule has 2 aliphatic carbocycles. The second kappa shape index (κ2) is 1.97. The molecule has 1 aliphatic heterocycles. The van der Waals surface area contributed by atoms with Gasteiger partial charge in [0, 0.05) is 0 Å². The maximum Gasteiger partial charge on any atom is 0.233 e. The lowest BCUT2D eigenvalue weighted by Gasteiger charge is -2.30. The zero-order valence-corrected chi connectivity index (χ0v) is 7.67. The third kappa shape index (κ3) is 0.640. The van der Waals surface area contributed by atoms with Crippen molar-refractivity contribution in [3.05, 3.63) is 0 Å². The lowest BCUT2D eigenvalue weighted by molar-refractivity contribution is -0.130. The van der Waals surface area contributed by atoms with Crippen LogP contribution in [-0.4, -0.2) is 11.8 Å². The van der Waals surface area contributed by atoms with Crippen molar-refractivity contribution in [1.82, 2.24) is 5.32 Å². The third-order valence-corrected chi connectivity index (χ3v) is 4.45. The molecule has 0 spiro atoms. The van der Waals surface area contributed by atoms with Gasteiger partial charge in [0.1, 0.15) is 0 Å². The fraction of sp³-hybridized carbons (Fsp3) is 0.800. The van der Waals surface area contributed by atoms with E-state index < -0.39 is 0 Å². The van der Waals surface area contributed by atoms with Crippen LogP contribution >= 0.6 is 0 Å². The number of amides is 2. The van der Waals surface area contributed by atoms with E-state index in [-0.39, 0.29) is 23.1 Å². The van der Waals surface area contributed by atoms with E-state index >= 15 is 0 Å². The molecule has 13 heavy (non-hydrogen) atoms. The normalized spacial score (nSPS) is 52.5. The Kier molecular flexibility index (Phi) is 1.14. The van der Waals surface area contributed by atoms with Gasteiger partial charge in [-0.15, -0.1) is 0 Å². The van der Waals surface area contributed by atoms with Crippen molar-refractivity contribution in [3.8, 4) is 0 Å². The first-order chi connectivity index (χ1) is 6.14. The summed E-state index contributed by atoms with van der Waals surface area (Å²) in [7, 11) is 0. The van der Waals surface area contributed by atoms with Gasteiger partial charge in [0.15, 0.2) is 0 Å². The number of fused-ring (bicyclic) bond motifs is 5. The van der Waals surface area contributed by atoms with Gasteiger partial charge in [-0.3, -0.25) is 14.9 Å². The number of hydrogen-bond donors (Lipinski definition) is 1. The number of imide groups is 1. The molecule has 0 aromatic carbocycles. The summed E-state index contributed by atoms with van der Waals surface area (Å²) in [5.74, 6) is 0.920. The zero-order valence-electron chi connectivity index (χ0n) is 7.67. The number of carbonyl (C=O) groups excluding carboxylic acids is 2. The topological polar surface area (TPSA) is 46.2 Å². The highest BCUT2D eigenvalue weighted by Gasteiger charge is 2.65. The highest BCUT2D eigenvalue weighted by atomic mass is 16.2. The molecular formula is C10H13NO2. The molecule has 1 unspecified atom stereocenters. The van der Waals surface area contributed by atoms with Gasteiger partial charge in [0.05, 0.1) is 11.3 Å². The average Bonchev–Trinajstić information content (AvgIpc) is 2.66. The molecule has 3 heteroatoms. The maximum atomic E-state index is 11.6. The minimum Gasteiger partial charge on any atom is -0.296 e. The van der Waals surface area contributed by atoms with E-state index in [9.17, 15) is 9.59 Å². The molecule has 0 aromatic rings. The van der Waals surface area contributed by atoms with E-state index in [2.05, 4.69) is 5.32 Å². The molecule has 2 amide bonds. The van der Waals surface area contributed by atoms with E-state index in [4.69, 9.17) is 0 Å². The van der Waals surface area contributed by atoms with Crippen molar-refractivity contribution in [2.45, 2.75) is 26.2 Å². The van der Waals surface area contributed by atoms with Gasteiger partial charge in [0.2, 0.25) is 11.8 Å². The number of rotatable bonds is 0. The standard InChI is InChI=1S/C10H13NO2/c1-10-6-3-2-5(4-6)7(10)8(12)11-9(10)13/h5-7H,2-4H2,1H3,(H,11,12,13)/t5-,6+,7?,10+/m1/s1. The predicted octanol–water partition coefficient (Wildman–Crippen LogP) is 0.695. The quantitative estimate of drug-likeness (QED) is 0.556. The van der Waals surface area contributed by atoms with E-state index in [0.717, 1.165) is 19.3 Å². The highest BCUT2D eigenvalue weighted by Crippen LogP contribution is 2.61. The number of hydrogen-bond acceptors (Lipinski definition) is 2. The van der Waals surface area contributed by atoms with Crippen LogP contribution in [0.2, 0.25) is 0 Å². The maximum absolute atomic E-state index is 11.6. The summed E-state index contributed by atoms with van der Waals surface area (Å²) in [6.07, 6.45) is 3.38. The van der Waals surface area contributed by atoms with Crippen LogP contribution in [0, 0.1) is 23.2 Å². The highest BCUT2D eigenvalue weighted by molar-refractivity contribution is 6.08. The molecule has 1 N–H and O–H groups in total. The molecule has 0 radical (unpaired) electrons. The van der Waals surface area contributed by atoms with Crippen molar-refractivity contribution in [2.24, 2.45) is 23.2 Å². The Hall–Kier alpha value is -0.860. The van der Waals surface area contributed by atoms with Gasteiger partial charge >= 0.3 is 0 Å². The van der Waals surface area contributed by atoms with Crippen LogP contribution in [0.3, 0.4) is 0 Å². The van der Waals surface area contributed by atoms with Gasteiger partial charge in [-0.05, 0) is 38.0 Å². The Labute approximate surface area is 76.9 Å². The minimum atomic E-state index is -0.347. The van der Waals surface area contributed by atoms with Crippen molar-refractivity contribution in [1.29, 1.82) is 0 Å². The van der Waals surface area contributed by atoms with Crippen LogP contribution in [0.5, 0.6) is 0 Å². The SMILES string of the molecule is C[C@@]12C(=O)NC(=O)C1[C@@H]1CC[C@H]2C1. The summed E-state index contributed by atoms with van der Waals surface area (Å²) in [5, 5.41) is 2.48. The number of carbonyl (C=O) groups is 2. The molecule has 1 heterocycles.